The van der Waals surface area contributed by atoms with E-state index in [4.69, 9.17) is 0 Å². The van der Waals surface area contributed by atoms with Gasteiger partial charge in [-0.25, -0.2) is 30.2 Å². The van der Waals surface area contributed by atoms with Gasteiger partial charge in [-0.05, 0) is 35.4 Å². The number of carboxylic acid groups (broad SMARTS) is 2. The van der Waals surface area contributed by atoms with Crippen molar-refractivity contribution in [2.45, 2.75) is 40.4 Å². The van der Waals surface area contributed by atoms with Gasteiger partial charge in [-0.15, -0.1) is 42.0 Å². The van der Waals surface area contributed by atoms with Gasteiger partial charge in [-0.1, -0.05) is 22.7 Å². The molecule has 0 spiro atoms. The maximum Gasteiger partial charge on any atom is 1.00 e. The first-order valence-electron chi connectivity index (χ1n) is 18.6. The number of rotatable bonds is 20. The van der Waals surface area contributed by atoms with E-state index < -0.39 is 75.7 Å². The third-order valence-electron chi connectivity index (χ3n) is 8.87. The van der Waals surface area contributed by atoms with Crippen molar-refractivity contribution in [1.82, 2.24) is 29.9 Å². The number of aliphatic carboxylic acids is 2. The minimum Gasteiger partial charge on any atom is -0.746 e. The molecule has 0 amide bonds. The van der Waals surface area contributed by atoms with Crippen LogP contribution in [-0.4, -0.2) is 80.8 Å². The standard InChI is InChI=1S/C41H34N9O13S3.10Na/c1-2-42-39-46-35(20-26-6-5-7-30(18-26)64(55,56)57)48-40(50-39)43-29-17-16-27(33(23-29)66(61,62)63)15-14-24-10-12-25(13-11-24)19-34-45-36(21-28(38(53)54)22-37(51)52)49-41(47-34)44-31-8-3-4-9-32(31)65(58,59)60;;;;;;;;;;/h2,4-5,7-10,12-18,23,28H,1,19-22H2,(H,51,52)(H,53,54)(H,55,56,57)(H,58,59,60)(H,61,62,63)(H,44,45,47,49)(H2,42,43,46,48,50);;;;;;;;;;/q-5;10*+1/p-5/b15-14+;;;;;;;;;;. The van der Waals surface area contributed by atoms with Crippen molar-refractivity contribution in [1.29, 1.82) is 0 Å². The number of carboxylic acids is 2. The Kier molecular flexibility index (Phi) is 47.1. The van der Waals surface area contributed by atoms with Crippen LogP contribution in [0.2, 0.25) is 0 Å². The van der Waals surface area contributed by atoms with Crippen molar-refractivity contribution in [3.8, 4) is 0 Å². The Morgan fingerprint density at radius 2 is 1.24 bits per heavy atom. The summed E-state index contributed by atoms with van der Waals surface area (Å²) in [4.78, 5) is 46.5. The van der Waals surface area contributed by atoms with Crippen molar-refractivity contribution in [2.24, 2.45) is 5.92 Å². The first-order valence-corrected chi connectivity index (χ1v) is 22.9. The van der Waals surface area contributed by atoms with E-state index in [0.29, 0.717) is 11.1 Å². The molecule has 35 heteroatoms. The summed E-state index contributed by atoms with van der Waals surface area (Å²) in [5.41, 5.74) is 1.02. The van der Waals surface area contributed by atoms with Crippen LogP contribution in [0.5, 0.6) is 0 Å². The minimum atomic E-state index is -5.08. The Labute approximate surface area is 661 Å². The van der Waals surface area contributed by atoms with Crippen LogP contribution in [-0.2, 0) is 59.2 Å². The molecule has 0 aliphatic carbocycles. The number of anilines is 5. The second-order valence-electron chi connectivity index (χ2n) is 13.7. The number of hydrogen-bond donors (Lipinski definition) is 3. The smallest absolute Gasteiger partial charge is 0.746 e. The second-order valence-corrected chi connectivity index (χ2v) is 17.8. The van der Waals surface area contributed by atoms with Crippen LogP contribution in [0.15, 0.2) is 87.5 Å². The maximum atomic E-state index is 12.5. The summed E-state index contributed by atoms with van der Waals surface area (Å²) >= 11 is 0. The minimum absolute atomic E-state index is 0. The van der Waals surface area contributed by atoms with Crippen LogP contribution in [0.4, 0.5) is 29.2 Å². The quantitative estimate of drug-likeness (QED) is 0.0276. The van der Waals surface area contributed by atoms with E-state index in [1.54, 1.807) is 12.1 Å². The van der Waals surface area contributed by atoms with E-state index in [0.717, 1.165) is 30.3 Å². The number of carbonyl (C=O) groups excluding carboxylic acids is 2. The molecule has 76 heavy (non-hydrogen) atoms. The van der Waals surface area contributed by atoms with E-state index in [1.807, 2.05) is 0 Å². The van der Waals surface area contributed by atoms with Gasteiger partial charge in [0, 0.05) is 36.4 Å². The van der Waals surface area contributed by atoms with Crippen molar-refractivity contribution in [2.75, 3.05) is 16.0 Å². The fourth-order valence-electron chi connectivity index (χ4n) is 5.98. The molecule has 0 saturated heterocycles. The van der Waals surface area contributed by atoms with Crippen LogP contribution in [0.1, 0.15) is 46.1 Å². The average molecular weight is 1180 g/mol. The van der Waals surface area contributed by atoms with Gasteiger partial charge in [0.15, 0.2) is 5.95 Å². The van der Waals surface area contributed by atoms with E-state index in [9.17, 15) is 58.7 Å². The summed E-state index contributed by atoms with van der Waals surface area (Å²) < 4.78 is 107. The van der Waals surface area contributed by atoms with Crippen LogP contribution >= 0.6 is 0 Å². The predicted octanol–water partition coefficient (Wildman–Crippen LogP) is -29.5. The molecule has 1 atom stereocenters. The third kappa shape index (κ3) is 28.3. The Bertz CT molecular complexity index is 3220. The largest absolute Gasteiger partial charge is 1.00 e. The van der Waals surface area contributed by atoms with Gasteiger partial charge in [0.1, 0.15) is 47.8 Å². The summed E-state index contributed by atoms with van der Waals surface area (Å²) in [5, 5.41) is 31.0. The first kappa shape index (κ1) is 87.5. The molecule has 6 rings (SSSR count). The van der Waals surface area contributed by atoms with Crippen molar-refractivity contribution in [3.63, 3.8) is 0 Å². The molecular weight excluding hydrogens is 1150 g/mol. The van der Waals surface area contributed by atoms with Crippen molar-refractivity contribution >= 4 is 83.7 Å². The SMILES string of the molecule is [CH2-][CH-]Nc1nc(Cc2[c-]ccc(S(=O)(=O)[O-])c2)nc(Nc2ccc(/C=C/c3[c-]cc(Cc4nc(CC(CC(=O)[O-])C(=O)[O-])nc(Nc5c[c-]ccc5S(=O)(=O)[O-])n4)cc3)c(S(=O)(=O)[O-])c2)n1.[Na+].[Na+].[Na+].[Na+].[Na+].[Na+].[Na+].[Na+].[Na+].[Na+]. The number of nitrogens with zero attached hydrogens (tertiary/aromatic N) is 6. The molecule has 0 bridgehead atoms. The number of carbonyl (C=O) groups is 2. The van der Waals surface area contributed by atoms with E-state index in [-0.39, 0.29) is 366 Å². The van der Waals surface area contributed by atoms with Gasteiger partial charge in [-0.2, -0.15) is 78.5 Å². The zero-order chi connectivity index (χ0) is 47.8. The summed E-state index contributed by atoms with van der Waals surface area (Å²) in [6.45, 7) is 4.83. The Morgan fingerprint density at radius 1 is 0.632 bits per heavy atom. The molecule has 0 aliphatic heterocycles. The molecule has 22 nitrogen and oxygen atoms in total. The number of aromatic nitrogens is 6. The second kappa shape index (κ2) is 40.9. The Balaban J connectivity index is -0.00000168. The molecule has 3 N–H and O–H groups in total. The zero-order valence-corrected chi connectivity index (χ0v) is 65.9. The first-order chi connectivity index (χ1) is 31.1. The third-order valence-corrected chi connectivity index (χ3v) is 11.5. The summed E-state index contributed by atoms with van der Waals surface area (Å²) in [6.07, 6.45) is 1.19. The van der Waals surface area contributed by atoms with Gasteiger partial charge in [0.2, 0.25) is 11.9 Å². The van der Waals surface area contributed by atoms with Gasteiger partial charge < -0.3 is 62.9 Å². The fraction of sp³-hybridized carbons (Fsp3) is 0.122. The molecule has 0 fully saturated rings. The number of hydrogen-bond acceptors (Lipinski definition) is 22. The van der Waals surface area contributed by atoms with Gasteiger partial charge in [-0.3, -0.25) is 0 Å². The van der Waals surface area contributed by atoms with Crippen LogP contribution in [0, 0.1) is 37.6 Å². The Hall–Kier alpha value is 2.71. The van der Waals surface area contributed by atoms with Crippen molar-refractivity contribution < 1.29 is 354 Å². The van der Waals surface area contributed by atoms with Gasteiger partial charge >= 0.3 is 296 Å². The summed E-state index contributed by atoms with van der Waals surface area (Å²) in [7, 11) is -14.8. The molecule has 0 saturated carbocycles. The van der Waals surface area contributed by atoms with Gasteiger partial charge in [0.25, 0.3) is 0 Å². The summed E-state index contributed by atoms with van der Waals surface area (Å²) in [6, 6.07) is 23.7. The molecule has 0 aliphatic rings. The van der Waals surface area contributed by atoms with Crippen molar-refractivity contribution in [3.05, 3.63) is 144 Å². The zero-order valence-electron chi connectivity index (χ0n) is 43.5. The topological polar surface area (TPSA) is 365 Å². The van der Waals surface area contributed by atoms with Gasteiger partial charge in [0.05, 0.1) is 4.90 Å². The number of nitrogens with one attached hydrogen (secondary N) is 3. The maximum absolute atomic E-state index is 12.5. The average Bonchev–Trinajstić information content (AvgIpc) is 3.22. The molecular formula is C41H29N9Na10O13S3. The van der Waals surface area contributed by atoms with Crippen LogP contribution < -0.4 is 322 Å². The van der Waals surface area contributed by atoms with E-state index in [2.05, 4.69) is 71.0 Å². The van der Waals surface area contributed by atoms with E-state index >= 15 is 0 Å². The molecule has 2 heterocycles. The Morgan fingerprint density at radius 3 is 1.80 bits per heavy atom. The molecule has 4 aromatic carbocycles. The predicted molar refractivity (Wildman–Crippen MR) is 222 cm³/mol. The monoisotopic (exact) mass is 1180 g/mol. The van der Waals surface area contributed by atoms with Crippen LogP contribution in [0.25, 0.3) is 12.2 Å². The normalized spacial score (nSPS) is 10.8. The summed E-state index contributed by atoms with van der Waals surface area (Å²) in [5.74, 6) is -5.56. The number of benzene rings is 4. The molecule has 1 unspecified atom stereocenters. The molecule has 2 aromatic heterocycles. The fourth-order valence-corrected chi connectivity index (χ4v) is 7.81. The molecule has 6 aromatic rings. The van der Waals surface area contributed by atoms with E-state index in [1.165, 1.54) is 49.0 Å². The van der Waals surface area contributed by atoms with Crippen LogP contribution in [0.3, 0.4) is 0 Å². The molecule has 0 radical (unpaired) electrons. The molecule has 344 valence electrons.